The number of anilines is 1. The van der Waals surface area contributed by atoms with Gasteiger partial charge in [0.1, 0.15) is 5.60 Å². The number of benzene rings is 2. The highest BCUT2D eigenvalue weighted by Gasteiger charge is 2.34. The zero-order valence-corrected chi connectivity index (χ0v) is 22.6. The standard InChI is InChI=1S/C31H31N3O5/c1-19(35)34-26-8-6-5-7-24(26)28(36)27(34)18-23-11-9-21-17-22(10-12-25(21)32-23)29(37)33-15-13-20(14-16-33)30(38)39-31(2,3)4/h5-12,17-18,20H,13-16H2,1-4H3/b27-18-. The van der Waals surface area contributed by atoms with Crippen molar-refractivity contribution in [3.8, 4) is 0 Å². The van der Waals surface area contributed by atoms with Gasteiger partial charge in [-0.25, -0.2) is 4.98 Å². The van der Waals surface area contributed by atoms with Gasteiger partial charge in [-0.05, 0) is 76.1 Å². The van der Waals surface area contributed by atoms with Crippen molar-refractivity contribution in [2.24, 2.45) is 5.92 Å². The van der Waals surface area contributed by atoms with Crippen LogP contribution in [-0.2, 0) is 14.3 Å². The lowest BCUT2D eigenvalue weighted by Gasteiger charge is -2.32. The van der Waals surface area contributed by atoms with Crippen LogP contribution in [0.3, 0.4) is 0 Å². The molecule has 0 aliphatic carbocycles. The van der Waals surface area contributed by atoms with E-state index in [1.165, 1.54) is 11.8 Å². The van der Waals surface area contributed by atoms with Gasteiger partial charge in [-0.2, -0.15) is 0 Å². The Morgan fingerprint density at radius 2 is 1.72 bits per heavy atom. The van der Waals surface area contributed by atoms with Gasteiger partial charge in [0.05, 0.1) is 28.5 Å². The number of esters is 1. The summed E-state index contributed by atoms with van der Waals surface area (Å²) in [4.78, 5) is 58.8. The van der Waals surface area contributed by atoms with Gasteiger partial charge in [-0.15, -0.1) is 0 Å². The average molecular weight is 526 g/mol. The molecule has 1 fully saturated rings. The van der Waals surface area contributed by atoms with E-state index < -0.39 is 5.60 Å². The second kappa shape index (κ2) is 10.1. The van der Waals surface area contributed by atoms with Crippen molar-refractivity contribution >= 4 is 46.2 Å². The first-order valence-corrected chi connectivity index (χ1v) is 13.1. The Morgan fingerprint density at radius 3 is 2.41 bits per heavy atom. The Hall–Kier alpha value is -4.33. The number of pyridine rings is 1. The number of hydrogen-bond acceptors (Lipinski definition) is 6. The van der Waals surface area contributed by atoms with Crippen LogP contribution < -0.4 is 4.90 Å². The van der Waals surface area contributed by atoms with Gasteiger partial charge in [0.2, 0.25) is 11.7 Å². The first-order valence-electron chi connectivity index (χ1n) is 13.1. The normalized spacial score (nSPS) is 17.0. The van der Waals surface area contributed by atoms with Crippen LogP contribution in [0.15, 0.2) is 60.3 Å². The van der Waals surface area contributed by atoms with Gasteiger partial charge in [-0.1, -0.05) is 18.2 Å². The molecule has 0 spiro atoms. The van der Waals surface area contributed by atoms with Crippen molar-refractivity contribution in [3.63, 3.8) is 0 Å². The lowest BCUT2D eigenvalue weighted by atomic mass is 9.96. The molecule has 2 aliphatic heterocycles. The van der Waals surface area contributed by atoms with E-state index in [0.717, 1.165) is 5.39 Å². The summed E-state index contributed by atoms with van der Waals surface area (Å²) in [5.41, 5.74) is 2.55. The molecule has 2 aliphatic rings. The second-order valence-corrected chi connectivity index (χ2v) is 11.0. The van der Waals surface area contributed by atoms with E-state index in [2.05, 4.69) is 4.98 Å². The molecule has 5 rings (SSSR count). The van der Waals surface area contributed by atoms with Crippen LogP contribution >= 0.6 is 0 Å². The molecule has 2 aromatic carbocycles. The Morgan fingerprint density at radius 1 is 1.00 bits per heavy atom. The van der Waals surface area contributed by atoms with Crippen molar-refractivity contribution < 1.29 is 23.9 Å². The molecule has 0 bridgehead atoms. The molecular weight excluding hydrogens is 494 g/mol. The second-order valence-electron chi connectivity index (χ2n) is 11.0. The maximum atomic E-state index is 13.2. The number of ether oxygens (including phenoxy) is 1. The van der Waals surface area contributed by atoms with Crippen LogP contribution in [0.2, 0.25) is 0 Å². The molecular formula is C31H31N3O5. The summed E-state index contributed by atoms with van der Waals surface area (Å²) < 4.78 is 5.51. The summed E-state index contributed by atoms with van der Waals surface area (Å²) in [5, 5.41) is 0.788. The van der Waals surface area contributed by atoms with Crippen molar-refractivity contribution in [1.82, 2.24) is 9.88 Å². The molecule has 0 N–H and O–H groups in total. The van der Waals surface area contributed by atoms with Gasteiger partial charge in [0.25, 0.3) is 5.91 Å². The first kappa shape index (κ1) is 26.3. The number of likely N-dealkylation sites (tertiary alicyclic amines) is 1. The Bertz CT molecular complexity index is 1530. The number of carbonyl (C=O) groups is 4. The molecule has 8 nitrogen and oxygen atoms in total. The zero-order chi connectivity index (χ0) is 27.9. The van der Waals surface area contributed by atoms with Crippen LogP contribution in [0.5, 0.6) is 0 Å². The molecule has 0 saturated carbocycles. The van der Waals surface area contributed by atoms with E-state index in [9.17, 15) is 19.2 Å². The molecule has 200 valence electrons. The predicted octanol–water partition coefficient (Wildman–Crippen LogP) is 5.02. The summed E-state index contributed by atoms with van der Waals surface area (Å²) in [6, 6.07) is 16.0. The van der Waals surface area contributed by atoms with Crippen LogP contribution in [0, 0.1) is 5.92 Å². The minimum absolute atomic E-state index is 0.0860. The minimum Gasteiger partial charge on any atom is -0.460 e. The molecule has 0 radical (unpaired) electrons. The summed E-state index contributed by atoms with van der Waals surface area (Å²) >= 11 is 0. The van der Waals surface area contributed by atoms with Crippen molar-refractivity contribution in [2.45, 2.75) is 46.1 Å². The number of Topliss-reactive ketones (excluding diaryl/α,β-unsaturated/α-hetero) is 1. The monoisotopic (exact) mass is 525 g/mol. The number of carbonyl (C=O) groups excluding carboxylic acids is 4. The summed E-state index contributed by atoms with van der Waals surface area (Å²) in [6.45, 7) is 7.98. The van der Waals surface area contributed by atoms with E-state index >= 15 is 0 Å². The number of nitrogens with zero attached hydrogens (tertiary/aromatic N) is 3. The third-order valence-electron chi connectivity index (χ3n) is 6.94. The summed E-state index contributed by atoms with van der Waals surface area (Å²) in [5.74, 6) is -0.957. The quantitative estimate of drug-likeness (QED) is 0.352. The molecule has 1 saturated heterocycles. The molecule has 1 aromatic heterocycles. The van der Waals surface area contributed by atoms with Crippen LogP contribution in [0.4, 0.5) is 5.69 Å². The number of para-hydroxylation sites is 1. The molecule has 0 unspecified atom stereocenters. The number of allylic oxidation sites excluding steroid dienone is 1. The molecule has 39 heavy (non-hydrogen) atoms. The Labute approximate surface area is 227 Å². The van der Waals surface area contributed by atoms with Crippen LogP contribution in [-0.4, -0.2) is 52.1 Å². The fraction of sp³-hybridized carbons (Fsp3) is 0.323. The lowest BCUT2D eigenvalue weighted by molar-refractivity contribution is -0.161. The van der Waals surface area contributed by atoms with E-state index in [1.807, 2.05) is 26.8 Å². The molecule has 2 amide bonds. The van der Waals surface area contributed by atoms with Gasteiger partial charge >= 0.3 is 5.97 Å². The van der Waals surface area contributed by atoms with Crippen molar-refractivity contribution in [3.05, 3.63) is 77.1 Å². The molecule has 8 heteroatoms. The molecule has 3 aromatic rings. The zero-order valence-electron chi connectivity index (χ0n) is 22.6. The van der Waals surface area contributed by atoms with Gasteiger partial charge in [0.15, 0.2) is 0 Å². The number of piperidine rings is 1. The third-order valence-corrected chi connectivity index (χ3v) is 6.94. The predicted molar refractivity (Wildman–Crippen MR) is 148 cm³/mol. The Balaban J connectivity index is 1.32. The minimum atomic E-state index is -0.524. The fourth-order valence-electron chi connectivity index (χ4n) is 5.08. The SMILES string of the molecule is CC(=O)N1/C(=C\c2ccc3cc(C(=O)N4CCC(C(=O)OC(C)(C)C)CC4)ccc3n2)C(=O)c2ccccc21. The number of aromatic nitrogens is 1. The van der Waals surface area contributed by atoms with Gasteiger partial charge in [-0.3, -0.25) is 24.1 Å². The van der Waals surface area contributed by atoms with Gasteiger partial charge < -0.3 is 9.64 Å². The van der Waals surface area contributed by atoms with E-state index in [0.29, 0.717) is 54.0 Å². The smallest absolute Gasteiger partial charge is 0.309 e. The highest BCUT2D eigenvalue weighted by Crippen LogP contribution is 2.35. The number of rotatable bonds is 3. The van der Waals surface area contributed by atoms with Crippen molar-refractivity contribution in [1.29, 1.82) is 0 Å². The van der Waals surface area contributed by atoms with Crippen LogP contribution in [0.25, 0.3) is 17.0 Å². The Kier molecular flexibility index (Phi) is 6.80. The lowest BCUT2D eigenvalue weighted by Crippen LogP contribution is -2.41. The fourth-order valence-corrected chi connectivity index (χ4v) is 5.08. The van der Waals surface area contributed by atoms with E-state index in [1.54, 1.807) is 59.5 Å². The van der Waals surface area contributed by atoms with Crippen LogP contribution in [0.1, 0.15) is 66.9 Å². The van der Waals surface area contributed by atoms with Gasteiger partial charge in [0, 0.05) is 36.5 Å². The molecule has 0 atom stereocenters. The van der Waals surface area contributed by atoms with E-state index in [-0.39, 0.29) is 35.2 Å². The maximum absolute atomic E-state index is 13.2. The van der Waals surface area contributed by atoms with E-state index in [4.69, 9.17) is 4.74 Å². The largest absolute Gasteiger partial charge is 0.460 e. The number of hydrogen-bond donors (Lipinski definition) is 0. The third kappa shape index (κ3) is 5.32. The number of fused-ring (bicyclic) bond motifs is 2. The highest BCUT2D eigenvalue weighted by molar-refractivity contribution is 6.26. The number of amides is 2. The first-order chi connectivity index (χ1) is 18.5. The summed E-state index contributed by atoms with van der Waals surface area (Å²) in [6.07, 6.45) is 2.78. The molecule has 3 heterocycles. The topological polar surface area (TPSA) is 96.9 Å². The highest BCUT2D eigenvalue weighted by atomic mass is 16.6. The number of ketones is 1. The summed E-state index contributed by atoms with van der Waals surface area (Å²) in [7, 11) is 0. The average Bonchev–Trinajstić information content (AvgIpc) is 3.18. The van der Waals surface area contributed by atoms with Crippen molar-refractivity contribution in [2.75, 3.05) is 18.0 Å². The maximum Gasteiger partial charge on any atom is 0.309 e.